The Labute approximate surface area is 117 Å². The SMILES string of the molecule is C[C@@H]1CN(C)CCN1c1ccc([N+](=O)[O-])c(C(N)=O)c1. The third-order valence-corrected chi connectivity index (χ3v) is 3.60. The predicted octanol–water partition coefficient (Wildman–Crippen LogP) is 0.834. The number of nitro groups is 1. The van der Waals surface area contributed by atoms with Crippen molar-refractivity contribution in [3.8, 4) is 0 Å². The van der Waals surface area contributed by atoms with E-state index in [0.29, 0.717) is 0 Å². The van der Waals surface area contributed by atoms with Crippen LogP contribution in [0.5, 0.6) is 0 Å². The third-order valence-electron chi connectivity index (χ3n) is 3.60. The Bertz CT molecular complexity index is 546. The van der Waals surface area contributed by atoms with Crippen LogP contribution in [0.3, 0.4) is 0 Å². The topological polar surface area (TPSA) is 92.7 Å². The maximum atomic E-state index is 11.4. The van der Waals surface area contributed by atoms with Crippen LogP contribution in [0.25, 0.3) is 0 Å². The molecule has 108 valence electrons. The Kier molecular flexibility index (Phi) is 3.89. The molecule has 0 saturated carbocycles. The molecule has 1 aliphatic rings. The molecule has 1 aromatic rings. The van der Waals surface area contributed by atoms with Crippen molar-refractivity contribution in [1.82, 2.24) is 4.90 Å². The molecule has 0 unspecified atom stereocenters. The van der Waals surface area contributed by atoms with Crippen molar-refractivity contribution in [2.75, 3.05) is 31.6 Å². The van der Waals surface area contributed by atoms with Gasteiger partial charge in [-0.1, -0.05) is 0 Å². The van der Waals surface area contributed by atoms with Crippen molar-refractivity contribution < 1.29 is 9.72 Å². The lowest BCUT2D eigenvalue weighted by atomic mass is 10.1. The number of likely N-dealkylation sites (N-methyl/N-ethyl adjacent to an activating group) is 1. The molecule has 7 nitrogen and oxygen atoms in total. The number of hydrogen-bond acceptors (Lipinski definition) is 5. The van der Waals surface area contributed by atoms with Crippen LogP contribution in [0.4, 0.5) is 11.4 Å². The first-order chi connectivity index (χ1) is 9.40. The van der Waals surface area contributed by atoms with Gasteiger partial charge in [-0.3, -0.25) is 14.9 Å². The lowest BCUT2D eigenvalue weighted by Crippen LogP contribution is -2.50. The second-order valence-corrected chi connectivity index (χ2v) is 5.13. The highest BCUT2D eigenvalue weighted by molar-refractivity contribution is 5.98. The average Bonchev–Trinajstić information content (AvgIpc) is 2.37. The summed E-state index contributed by atoms with van der Waals surface area (Å²) in [7, 11) is 2.05. The molecule has 1 atom stereocenters. The van der Waals surface area contributed by atoms with Crippen LogP contribution >= 0.6 is 0 Å². The molecule has 0 radical (unpaired) electrons. The predicted molar refractivity (Wildman–Crippen MR) is 75.9 cm³/mol. The van der Waals surface area contributed by atoms with E-state index in [0.717, 1.165) is 25.3 Å². The smallest absolute Gasteiger partial charge is 0.282 e. The third kappa shape index (κ3) is 2.72. The number of carbonyl (C=O) groups excluding carboxylic acids is 1. The van der Waals surface area contributed by atoms with E-state index in [1.54, 1.807) is 6.07 Å². The molecule has 0 spiro atoms. The monoisotopic (exact) mass is 278 g/mol. The molecule has 2 N–H and O–H groups in total. The molecule has 1 aromatic carbocycles. The van der Waals surface area contributed by atoms with E-state index >= 15 is 0 Å². The molecule has 2 rings (SSSR count). The lowest BCUT2D eigenvalue weighted by molar-refractivity contribution is -0.385. The van der Waals surface area contributed by atoms with Crippen molar-refractivity contribution >= 4 is 17.3 Å². The zero-order chi connectivity index (χ0) is 14.9. The number of hydrogen-bond donors (Lipinski definition) is 1. The van der Waals surface area contributed by atoms with Crippen molar-refractivity contribution in [1.29, 1.82) is 0 Å². The number of carbonyl (C=O) groups is 1. The number of rotatable bonds is 3. The molecule has 1 amide bonds. The Morgan fingerprint density at radius 1 is 1.45 bits per heavy atom. The van der Waals surface area contributed by atoms with E-state index in [9.17, 15) is 14.9 Å². The van der Waals surface area contributed by atoms with Crippen molar-refractivity contribution in [3.05, 3.63) is 33.9 Å². The number of nitrogens with zero attached hydrogens (tertiary/aromatic N) is 3. The van der Waals surface area contributed by atoms with Gasteiger partial charge in [-0.15, -0.1) is 0 Å². The van der Waals surface area contributed by atoms with Gasteiger partial charge in [0.15, 0.2) is 0 Å². The van der Waals surface area contributed by atoms with Gasteiger partial charge in [-0.25, -0.2) is 0 Å². The summed E-state index contributed by atoms with van der Waals surface area (Å²) in [6, 6.07) is 4.81. The van der Waals surface area contributed by atoms with E-state index in [1.807, 2.05) is 0 Å². The van der Waals surface area contributed by atoms with Gasteiger partial charge in [-0.05, 0) is 26.1 Å². The second-order valence-electron chi connectivity index (χ2n) is 5.13. The highest BCUT2D eigenvalue weighted by atomic mass is 16.6. The first-order valence-electron chi connectivity index (χ1n) is 6.43. The van der Waals surface area contributed by atoms with Crippen LogP contribution in [-0.2, 0) is 0 Å². The largest absolute Gasteiger partial charge is 0.366 e. The summed E-state index contributed by atoms with van der Waals surface area (Å²) in [5.41, 5.74) is 5.74. The fourth-order valence-electron chi connectivity index (χ4n) is 2.58. The van der Waals surface area contributed by atoms with E-state index in [4.69, 9.17) is 5.73 Å². The van der Waals surface area contributed by atoms with Crippen LogP contribution in [-0.4, -0.2) is 48.5 Å². The maximum absolute atomic E-state index is 11.4. The minimum Gasteiger partial charge on any atom is -0.366 e. The minimum absolute atomic E-state index is 0.0429. The molecule has 20 heavy (non-hydrogen) atoms. The first-order valence-corrected chi connectivity index (χ1v) is 6.43. The van der Waals surface area contributed by atoms with E-state index in [2.05, 4.69) is 23.8 Å². The Morgan fingerprint density at radius 3 is 2.70 bits per heavy atom. The Morgan fingerprint density at radius 2 is 2.15 bits per heavy atom. The van der Waals surface area contributed by atoms with Gasteiger partial charge in [0.1, 0.15) is 5.56 Å². The van der Waals surface area contributed by atoms with Gasteiger partial charge in [0.25, 0.3) is 11.6 Å². The van der Waals surface area contributed by atoms with Crippen LogP contribution in [0.1, 0.15) is 17.3 Å². The van der Waals surface area contributed by atoms with E-state index in [1.165, 1.54) is 12.1 Å². The minimum atomic E-state index is -0.777. The molecule has 0 aliphatic carbocycles. The summed E-state index contributed by atoms with van der Waals surface area (Å²) < 4.78 is 0. The summed E-state index contributed by atoms with van der Waals surface area (Å²) in [4.78, 5) is 26.1. The van der Waals surface area contributed by atoms with Crippen LogP contribution in [0.15, 0.2) is 18.2 Å². The quantitative estimate of drug-likeness (QED) is 0.653. The zero-order valence-corrected chi connectivity index (χ0v) is 11.6. The summed E-state index contributed by atoms with van der Waals surface area (Å²) in [5.74, 6) is -0.777. The number of nitrogens with two attached hydrogens (primary N) is 1. The average molecular weight is 278 g/mol. The molecular weight excluding hydrogens is 260 g/mol. The number of benzene rings is 1. The van der Waals surface area contributed by atoms with Gasteiger partial charge >= 0.3 is 0 Å². The summed E-state index contributed by atoms with van der Waals surface area (Å²) in [6.07, 6.45) is 0. The fourth-order valence-corrected chi connectivity index (χ4v) is 2.58. The molecular formula is C13H18N4O3. The molecule has 1 heterocycles. The normalized spacial score (nSPS) is 19.9. The molecule has 0 aromatic heterocycles. The summed E-state index contributed by atoms with van der Waals surface area (Å²) >= 11 is 0. The van der Waals surface area contributed by atoms with E-state index < -0.39 is 10.8 Å². The highest BCUT2D eigenvalue weighted by Gasteiger charge is 2.25. The number of piperazine rings is 1. The van der Waals surface area contributed by atoms with E-state index in [-0.39, 0.29) is 17.3 Å². The molecule has 1 aliphatic heterocycles. The van der Waals surface area contributed by atoms with Gasteiger partial charge in [-0.2, -0.15) is 0 Å². The summed E-state index contributed by atoms with van der Waals surface area (Å²) in [5, 5.41) is 10.9. The van der Waals surface area contributed by atoms with Gasteiger partial charge in [0, 0.05) is 37.4 Å². The Hall–Kier alpha value is -2.15. The standard InChI is InChI=1S/C13H18N4O3/c1-9-8-15(2)5-6-16(9)10-3-4-12(17(19)20)11(7-10)13(14)18/h3-4,7,9H,5-6,8H2,1-2H3,(H2,14,18)/t9-/m1/s1. The van der Waals surface area contributed by atoms with Crippen molar-refractivity contribution in [3.63, 3.8) is 0 Å². The number of amides is 1. The zero-order valence-electron chi connectivity index (χ0n) is 11.6. The Balaban J connectivity index is 2.36. The van der Waals surface area contributed by atoms with Crippen LogP contribution in [0, 0.1) is 10.1 Å². The lowest BCUT2D eigenvalue weighted by Gasteiger charge is -2.39. The van der Waals surface area contributed by atoms with Crippen LogP contribution in [0.2, 0.25) is 0 Å². The van der Waals surface area contributed by atoms with Crippen LogP contribution < -0.4 is 10.6 Å². The van der Waals surface area contributed by atoms with Gasteiger partial charge in [0.05, 0.1) is 4.92 Å². The second kappa shape index (κ2) is 5.46. The summed E-state index contributed by atoms with van der Waals surface area (Å²) in [6.45, 7) is 4.71. The van der Waals surface area contributed by atoms with Crippen molar-refractivity contribution in [2.24, 2.45) is 5.73 Å². The fraction of sp³-hybridized carbons (Fsp3) is 0.462. The molecule has 7 heteroatoms. The number of primary amides is 1. The molecule has 1 saturated heterocycles. The number of anilines is 1. The highest BCUT2D eigenvalue weighted by Crippen LogP contribution is 2.27. The van der Waals surface area contributed by atoms with Crippen molar-refractivity contribution in [2.45, 2.75) is 13.0 Å². The van der Waals surface area contributed by atoms with Gasteiger partial charge in [0.2, 0.25) is 0 Å². The first kappa shape index (κ1) is 14.3. The molecule has 1 fully saturated rings. The maximum Gasteiger partial charge on any atom is 0.282 e. The number of nitro benzene ring substituents is 1. The van der Waals surface area contributed by atoms with Gasteiger partial charge < -0.3 is 15.5 Å². The molecule has 0 bridgehead atoms.